The molecule has 6 aromatic rings. The monoisotopic (exact) mass is 913 g/mol. The summed E-state index contributed by atoms with van der Waals surface area (Å²) in [4.78, 5) is -3.46. The Morgan fingerprint density at radius 1 is 0.492 bits per heavy atom. The zero-order chi connectivity index (χ0) is 44.7. The van der Waals surface area contributed by atoms with Gasteiger partial charge in [0.05, 0.1) is 38.7 Å². The molecule has 0 amide bonds. The van der Waals surface area contributed by atoms with Gasteiger partial charge in [0.2, 0.25) is 0 Å². The van der Waals surface area contributed by atoms with Crippen molar-refractivity contribution in [3.63, 3.8) is 0 Å². The summed E-state index contributed by atoms with van der Waals surface area (Å²) in [7, 11) is -20.1. The Kier molecular flexibility index (Phi) is 11.6. The van der Waals surface area contributed by atoms with Crippen LogP contribution in [0.1, 0.15) is 0 Å². The van der Waals surface area contributed by atoms with E-state index in [1.807, 2.05) is 0 Å². The molecule has 0 aliphatic carbocycles. The van der Waals surface area contributed by atoms with Gasteiger partial charge in [-0.3, -0.25) is 18.2 Å². The molecule has 0 aromatic heterocycles. The molecule has 23 nitrogen and oxygen atoms in total. The van der Waals surface area contributed by atoms with Crippen molar-refractivity contribution < 1.29 is 62.1 Å². The van der Waals surface area contributed by atoms with Crippen molar-refractivity contribution in [2.24, 2.45) is 30.7 Å². The SMILES string of the molecule is Nc1ccc(N=Nc2ccc(Nc3ccc(N=Nc4c(S(=O)(=O)O)cc5cc(S(=O)(=O)O)c(N=Nc6ccc(S(=O)(=O)O)cc6)c(O)c5c4N)cc3S(=O)(=O)O)cc2)c(O)c1. The average Bonchev–Trinajstić information content (AvgIpc) is 3.16. The molecular weight excluding hydrogens is 887 g/mol. The van der Waals surface area contributed by atoms with Crippen molar-refractivity contribution in [3.05, 3.63) is 97.1 Å². The van der Waals surface area contributed by atoms with E-state index in [2.05, 4.69) is 36.0 Å². The minimum atomic E-state index is -5.28. The van der Waals surface area contributed by atoms with Crippen LogP contribution >= 0.6 is 0 Å². The molecule has 0 aliphatic heterocycles. The minimum absolute atomic E-state index is 0.142. The predicted octanol–water partition coefficient (Wildman–Crippen LogP) is 7.39. The molecule has 27 heteroatoms. The number of anilines is 4. The third-order valence-corrected chi connectivity index (χ3v) is 11.7. The van der Waals surface area contributed by atoms with E-state index in [-0.39, 0.29) is 28.5 Å². The normalized spacial score (nSPS) is 12.9. The van der Waals surface area contributed by atoms with Gasteiger partial charge >= 0.3 is 0 Å². The van der Waals surface area contributed by atoms with Crippen LogP contribution in [0.25, 0.3) is 10.8 Å². The smallest absolute Gasteiger partial charge is 0.296 e. The van der Waals surface area contributed by atoms with Gasteiger partial charge in [0, 0.05) is 17.4 Å². The van der Waals surface area contributed by atoms with Gasteiger partial charge in [-0.05, 0) is 96.4 Å². The van der Waals surface area contributed by atoms with Crippen LogP contribution in [0.4, 0.5) is 56.9 Å². The number of hydrogen-bond donors (Lipinski definition) is 9. The van der Waals surface area contributed by atoms with Crippen LogP contribution in [-0.2, 0) is 40.5 Å². The second-order valence-corrected chi connectivity index (χ2v) is 18.0. The molecule has 316 valence electrons. The summed E-state index contributed by atoms with van der Waals surface area (Å²) in [5.41, 5.74) is 9.76. The molecule has 0 bridgehead atoms. The van der Waals surface area contributed by atoms with E-state index >= 15 is 0 Å². The summed E-state index contributed by atoms with van der Waals surface area (Å²) in [5, 5.41) is 45.9. The number of phenolic OH excluding ortho intramolecular Hbond substituents is 2. The Morgan fingerprint density at radius 2 is 1.00 bits per heavy atom. The highest BCUT2D eigenvalue weighted by molar-refractivity contribution is 7.86. The standard InChI is InChI=1S/C34H27N9O14S4/c35-18-1-11-24(26(44)15-18)41-38-20-4-2-19(3-5-20)37-25-12-8-22(16-27(25)59(49,50)51)40-42-32-28(60(52,53)54)13-17-14-29(61(55,56)57)33(34(45)30(17)31(32)36)43-39-21-6-9-23(10-7-21)58(46,47)48/h1-16,37,44-45H,35-36H2,(H,46,47,48)(H,49,50,51)(H,52,53,54)(H,55,56,57). The number of nitrogen functional groups attached to an aromatic ring is 2. The molecule has 0 unspecified atom stereocenters. The average molecular weight is 914 g/mol. The van der Waals surface area contributed by atoms with E-state index in [0.29, 0.717) is 29.2 Å². The Hall–Kier alpha value is -6.98. The van der Waals surface area contributed by atoms with Gasteiger partial charge in [-0.2, -0.15) is 49.0 Å². The van der Waals surface area contributed by atoms with Crippen molar-refractivity contribution in [3.8, 4) is 11.5 Å². The van der Waals surface area contributed by atoms with Crippen molar-refractivity contribution in [1.82, 2.24) is 0 Å². The van der Waals surface area contributed by atoms with Crippen LogP contribution in [0.3, 0.4) is 0 Å². The van der Waals surface area contributed by atoms with E-state index in [0.717, 1.165) is 30.3 Å². The van der Waals surface area contributed by atoms with Crippen molar-refractivity contribution in [2.75, 3.05) is 16.8 Å². The fraction of sp³-hybridized carbons (Fsp3) is 0. The zero-order valence-corrected chi connectivity index (χ0v) is 33.4. The highest BCUT2D eigenvalue weighted by atomic mass is 32.2. The number of hydrogen-bond acceptors (Lipinski definition) is 19. The molecule has 0 aliphatic rings. The van der Waals surface area contributed by atoms with Gasteiger partial charge in [-0.1, -0.05) is 0 Å². The molecule has 61 heavy (non-hydrogen) atoms. The number of rotatable bonds is 12. The minimum Gasteiger partial charge on any atom is -0.506 e. The molecule has 6 rings (SSSR count). The lowest BCUT2D eigenvalue weighted by Crippen LogP contribution is -2.04. The Bertz CT molecular complexity index is 3310. The van der Waals surface area contributed by atoms with Crippen LogP contribution in [0.15, 0.2) is 147 Å². The molecule has 0 atom stereocenters. The highest BCUT2D eigenvalue weighted by Gasteiger charge is 2.28. The van der Waals surface area contributed by atoms with Crippen molar-refractivity contribution in [2.45, 2.75) is 19.6 Å². The van der Waals surface area contributed by atoms with Crippen molar-refractivity contribution in [1.29, 1.82) is 0 Å². The number of nitrogens with zero attached hydrogens (tertiary/aromatic N) is 6. The van der Waals surface area contributed by atoms with Gasteiger partial charge in [-0.25, -0.2) is 0 Å². The van der Waals surface area contributed by atoms with Crippen LogP contribution in [0.2, 0.25) is 0 Å². The lowest BCUT2D eigenvalue weighted by Gasteiger charge is -2.14. The number of nitrogens with two attached hydrogens (primary N) is 2. The fourth-order valence-electron chi connectivity index (χ4n) is 5.40. The highest BCUT2D eigenvalue weighted by Crippen LogP contribution is 2.48. The summed E-state index contributed by atoms with van der Waals surface area (Å²) in [5.74, 6) is -1.30. The first-order chi connectivity index (χ1) is 28.4. The van der Waals surface area contributed by atoms with Gasteiger partial charge in [0.15, 0.2) is 5.75 Å². The zero-order valence-electron chi connectivity index (χ0n) is 30.2. The van der Waals surface area contributed by atoms with Crippen LogP contribution in [-0.4, -0.2) is 62.1 Å². The first-order valence-electron chi connectivity index (χ1n) is 16.4. The van der Waals surface area contributed by atoms with E-state index in [4.69, 9.17) is 11.5 Å². The summed E-state index contributed by atoms with van der Waals surface area (Å²) in [6.07, 6.45) is 0. The molecule has 0 saturated heterocycles. The van der Waals surface area contributed by atoms with Crippen LogP contribution in [0.5, 0.6) is 11.5 Å². The van der Waals surface area contributed by atoms with Gasteiger partial charge < -0.3 is 27.0 Å². The fourth-order valence-corrected chi connectivity index (χ4v) is 7.87. The number of nitrogens with one attached hydrogen (secondary N) is 1. The van der Waals surface area contributed by atoms with Gasteiger partial charge in [-0.15, -0.1) is 15.3 Å². The summed E-state index contributed by atoms with van der Waals surface area (Å²) in [6, 6.07) is 18.6. The third kappa shape index (κ3) is 9.91. The third-order valence-electron chi connectivity index (χ3n) is 8.20. The number of aromatic hydroxyl groups is 2. The van der Waals surface area contributed by atoms with Gasteiger partial charge in [0.25, 0.3) is 40.5 Å². The number of azo groups is 3. The van der Waals surface area contributed by atoms with Crippen LogP contribution < -0.4 is 16.8 Å². The number of benzene rings is 6. The summed E-state index contributed by atoms with van der Waals surface area (Å²) < 4.78 is 137. The first-order valence-corrected chi connectivity index (χ1v) is 22.1. The van der Waals surface area contributed by atoms with E-state index in [9.17, 15) is 62.1 Å². The quantitative estimate of drug-likeness (QED) is 0.0328. The topological polar surface area (TPSA) is 396 Å². The van der Waals surface area contributed by atoms with Crippen LogP contribution in [0, 0.1) is 0 Å². The molecule has 0 fully saturated rings. The molecule has 6 aromatic carbocycles. The lowest BCUT2D eigenvalue weighted by atomic mass is 10.1. The maximum absolute atomic E-state index is 12.5. The number of fused-ring (bicyclic) bond motifs is 1. The lowest BCUT2D eigenvalue weighted by molar-refractivity contribution is 0.472. The predicted molar refractivity (Wildman–Crippen MR) is 217 cm³/mol. The summed E-state index contributed by atoms with van der Waals surface area (Å²) in [6.45, 7) is 0. The molecule has 0 heterocycles. The van der Waals surface area contributed by atoms with E-state index < -0.39 is 93.6 Å². The summed E-state index contributed by atoms with van der Waals surface area (Å²) >= 11 is 0. The van der Waals surface area contributed by atoms with E-state index in [1.54, 1.807) is 0 Å². The first kappa shape index (κ1) is 43.6. The molecule has 0 saturated carbocycles. The maximum atomic E-state index is 12.5. The Balaban J connectivity index is 1.37. The van der Waals surface area contributed by atoms with Crippen molar-refractivity contribution >= 4 is 108 Å². The number of phenols is 2. The Labute approximate surface area is 344 Å². The molecule has 0 radical (unpaired) electrons. The molecule has 11 N–H and O–H groups in total. The second-order valence-electron chi connectivity index (χ2n) is 12.4. The molecule has 0 spiro atoms. The van der Waals surface area contributed by atoms with E-state index in [1.165, 1.54) is 54.6 Å². The van der Waals surface area contributed by atoms with Gasteiger partial charge in [0.1, 0.15) is 37.5 Å². The maximum Gasteiger partial charge on any atom is 0.296 e. The largest absolute Gasteiger partial charge is 0.506 e. The molecular formula is C34H27N9O14S4. The second kappa shape index (κ2) is 16.2. The Morgan fingerprint density at radius 3 is 1.56 bits per heavy atom.